The molecule has 0 saturated carbocycles. The number of hydrogen-bond donors (Lipinski definition) is 1. The Morgan fingerprint density at radius 3 is 2.63 bits per heavy atom. The first-order valence-corrected chi connectivity index (χ1v) is 7.39. The number of nitrogens with one attached hydrogen (secondary N) is 1. The highest BCUT2D eigenvalue weighted by Gasteiger charge is 2.38. The Balaban J connectivity index is 1.60. The summed E-state index contributed by atoms with van der Waals surface area (Å²) in [6.45, 7) is 5.06. The zero-order valence-electron chi connectivity index (χ0n) is 12.2. The fourth-order valence-corrected chi connectivity index (χ4v) is 3.64. The zero-order valence-corrected chi connectivity index (χ0v) is 12.2. The molecule has 0 aliphatic carbocycles. The summed E-state index contributed by atoms with van der Waals surface area (Å²) in [5.74, 6) is 1.75. The van der Waals surface area contributed by atoms with Gasteiger partial charge in [0.25, 0.3) is 0 Å². The molecule has 1 aromatic rings. The summed E-state index contributed by atoms with van der Waals surface area (Å²) in [6, 6.07) is 1.63. The van der Waals surface area contributed by atoms with Crippen molar-refractivity contribution in [3.63, 3.8) is 0 Å². The third-order valence-electron chi connectivity index (χ3n) is 4.83. The molecule has 0 aromatic carbocycles. The fourth-order valence-electron chi connectivity index (χ4n) is 3.64. The van der Waals surface area contributed by atoms with Crippen LogP contribution in [-0.2, 0) is 0 Å². The minimum atomic E-state index is 0.787. The minimum Gasteiger partial charge on any atom is -0.368 e. The molecule has 0 radical (unpaired) electrons. The number of fused-ring (bicyclic) bond motifs is 2. The van der Waals surface area contributed by atoms with Gasteiger partial charge in [-0.1, -0.05) is 0 Å². The van der Waals surface area contributed by atoms with Gasteiger partial charge in [-0.2, -0.15) is 0 Å². The van der Waals surface area contributed by atoms with Gasteiger partial charge >= 0.3 is 0 Å². The summed E-state index contributed by atoms with van der Waals surface area (Å²) in [7, 11) is 2.29. The lowest BCUT2D eigenvalue weighted by atomic mass is 9.91. The molecule has 0 spiro atoms. The topological polar surface area (TPSA) is 41.1 Å². The van der Waals surface area contributed by atoms with E-state index in [4.69, 9.17) is 0 Å². The van der Waals surface area contributed by atoms with E-state index in [1.807, 2.05) is 20.0 Å². The van der Waals surface area contributed by atoms with Gasteiger partial charge in [-0.3, -0.25) is 4.98 Å². The van der Waals surface area contributed by atoms with Crippen LogP contribution in [0.2, 0.25) is 0 Å². The van der Waals surface area contributed by atoms with Crippen molar-refractivity contribution in [1.29, 1.82) is 0 Å². The molecular weight excluding hydrogens is 236 g/mol. The van der Waals surface area contributed by atoms with Crippen molar-refractivity contribution < 1.29 is 0 Å². The van der Waals surface area contributed by atoms with Crippen LogP contribution < -0.4 is 5.32 Å². The molecule has 1 N–H and O–H groups in total. The molecule has 2 aliphatic heterocycles. The largest absolute Gasteiger partial charge is 0.368 e. The number of aromatic nitrogens is 2. The van der Waals surface area contributed by atoms with Crippen LogP contribution in [0.4, 0.5) is 5.82 Å². The van der Waals surface area contributed by atoms with Crippen LogP contribution in [0.1, 0.15) is 37.1 Å². The first-order valence-electron chi connectivity index (χ1n) is 7.39. The number of rotatable bonds is 3. The maximum Gasteiger partial charge on any atom is 0.147 e. The molecule has 0 amide bonds. The van der Waals surface area contributed by atoms with Gasteiger partial charge in [0.2, 0.25) is 0 Å². The number of anilines is 1. The summed E-state index contributed by atoms with van der Waals surface area (Å²) in [5, 5.41) is 3.52. The lowest BCUT2D eigenvalue weighted by Gasteiger charge is -2.36. The van der Waals surface area contributed by atoms with Gasteiger partial charge in [0, 0.05) is 24.8 Å². The van der Waals surface area contributed by atoms with Gasteiger partial charge in [-0.15, -0.1) is 0 Å². The van der Waals surface area contributed by atoms with E-state index in [0.717, 1.165) is 41.8 Å². The van der Waals surface area contributed by atoms with Crippen LogP contribution in [0.5, 0.6) is 0 Å². The third kappa shape index (κ3) is 2.59. The van der Waals surface area contributed by atoms with E-state index in [9.17, 15) is 0 Å². The third-order valence-corrected chi connectivity index (χ3v) is 4.83. The predicted molar refractivity (Wildman–Crippen MR) is 77.3 cm³/mol. The lowest BCUT2D eigenvalue weighted by molar-refractivity contribution is 0.139. The lowest BCUT2D eigenvalue weighted by Crippen LogP contribution is -2.41. The molecule has 2 saturated heterocycles. The van der Waals surface area contributed by atoms with Gasteiger partial charge in [0.05, 0.1) is 11.4 Å². The normalized spacial score (nSPS) is 30.6. The molecular formula is C15H24N4. The van der Waals surface area contributed by atoms with Crippen LogP contribution in [0.25, 0.3) is 0 Å². The maximum absolute atomic E-state index is 4.54. The highest BCUT2D eigenvalue weighted by molar-refractivity contribution is 5.39. The van der Waals surface area contributed by atoms with Crippen molar-refractivity contribution in [2.75, 3.05) is 18.9 Å². The van der Waals surface area contributed by atoms with Crippen LogP contribution >= 0.6 is 0 Å². The summed E-state index contributed by atoms with van der Waals surface area (Å²) >= 11 is 0. The number of hydrogen-bond acceptors (Lipinski definition) is 4. The highest BCUT2D eigenvalue weighted by Crippen LogP contribution is 2.37. The Bertz CT molecular complexity index is 445. The van der Waals surface area contributed by atoms with E-state index < -0.39 is 0 Å². The first-order chi connectivity index (χ1) is 9.13. The van der Waals surface area contributed by atoms with Crippen molar-refractivity contribution in [2.24, 2.45) is 5.92 Å². The van der Waals surface area contributed by atoms with Crippen LogP contribution in [-0.4, -0.2) is 40.5 Å². The van der Waals surface area contributed by atoms with Crippen molar-refractivity contribution in [2.45, 2.75) is 51.6 Å². The molecule has 19 heavy (non-hydrogen) atoms. The predicted octanol–water partition coefficient (Wildman–Crippen LogP) is 2.38. The minimum absolute atomic E-state index is 0.787. The molecule has 4 nitrogen and oxygen atoms in total. The fraction of sp³-hybridized carbons (Fsp3) is 0.733. The van der Waals surface area contributed by atoms with Crippen molar-refractivity contribution in [3.8, 4) is 0 Å². The Morgan fingerprint density at radius 1 is 1.26 bits per heavy atom. The van der Waals surface area contributed by atoms with Crippen LogP contribution in [0, 0.1) is 19.8 Å². The highest BCUT2D eigenvalue weighted by atomic mass is 15.2. The molecule has 2 unspecified atom stereocenters. The van der Waals surface area contributed by atoms with Gasteiger partial charge < -0.3 is 10.2 Å². The molecule has 2 bridgehead atoms. The average Bonchev–Trinajstić information content (AvgIpc) is 2.63. The van der Waals surface area contributed by atoms with Crippen molar-refractivity contribution >= 4 is 5.82 Å². The molecule has 2 fully saturated rings. The molecule has 4 heteroatoms. The Hall–Kier alpha value is -1.16. The Morgan fingerprint density at radius 2 is 1.95 bits per heavy atom. The SMILES string of the molecule is Cc1cnc(C)c(NCC2CC3CCC(C2)N3C)n1. The zero-order chi connectivity index (χ0) is 13.4. The maximum atomic E-state index is 4.54. The summed E-state index contributed by atoms with van der Waals surface area (Å²) < 4.78 is 0. The van der Waals surface area contributed by atoms with E-state index in [0.29, 0.717) is 0 Å². The van der Waals surface area contributed by atoms with Crippen LogP contribution in [0.3, 0.4) is 0 Å². The average molecular weight is 260 g/mol. The van der Waals surface area contributed by atoms with Gasteiger partial charge in [-0.25, -0.2) is 4.98 Å². The van der Waals surface area contributed by atoms with E-state index in [-0.39, 0.29) is 0 Å². The molecule has 2 atom stereocenters. The summed E-state index contributed by atoms with van der Waals surface area (Å²) in [5.41, 5.74) is 1.98. The Labute approximate surface area is 115 Å². The second-order valence-electron chi connectivity index (χ2n) is 6.21. The van der Waals surface area contributed by atoms with E-state index in [2.05, 4.69) is 27.2 Å². The van der Waals surface area contributed by atoms with Crippen molar-refractivity contribution in [1.82, 2.24) is 14.9 Å². The van der Waals surface area contributed by atoms with Gasteiger partial charge in [0.15, 0.2) is 0 Å². The molecule has 104 valence electrons. The van der Waals surface area contributed by atoms with Crippen LogP contribution in [0.15, 0.2) is 6.20 Å². The monoisotopic (exact) mass is 260 g/mol. The molecule has 1 aromatic heterocycles. The quantitative estimate of drug-likeness (QED) is 0.906. The number of piperidine rings is 1. The van der Waals surface area contributed by atoms with Gasteiger partial charge in [-0.05, 0) is 52.5 Å². The second kappa shape index (κ2) is 5.08. The van der Waals surface area contributed by atoms with E-state index in [1.54, 1.807) is 0 Å². The number of aryl methyl sites for hydroxylation is 2. The van der Waals surface area contributed by atoms with Gasteiger partial charge in [0.1, 0.15) is 5.82 Å². The Kier molecular flexibility index (Phi) is 3.44. The van der Waals surface area contributed by atoms with E-state index >= 15 is 0 Å². The summed E-state index contributed by atoms with van der Waals surface area (Å²) in [6.07, 6.45) is 7.27. The molecule has 3 rings (SSSR count). The molecule has 3 heterocycles. The van der Waals surface area contributed by atoms with Crippen molar-refractivity contribution in [3.05, 3.63) is 17.6 Å². The standard InChI is InChI=1S/C15H24N4/c1-10-8-16-11(2)15(18-10)17-9-12-6-13-4-5-14(7-12)19(13)3/h8,12-14H,4-7,9H2,1-3H3,(H,17,18). The molecule has 2 aliphatic rings. The van der Waals surface area contributed by atoms with E-state index in [1.165, 1.54) is 25.7 Å². The first kappa shape index (κ1) is 12.9. The number of nitrogens with zero attached hydrogens (tertiary/aromatic N) is 3. The second-order valence-corrected chi connectivity index (χ2v) is 6.21. The summed E-state index contributed by atoms with van der Waals surface area (Å²) in [4.78, 5) is 11.5. The smallest absolute Gasteiger partial charge is 0.147 e.